The third-order valence-electron chi connectivity index (χ3n) is 4.83. The summed E-state index contributed by atoms with van der Waals surface area (Å²) >= 11 is 1.69. The molecule has 1 heterocycles. The van der Waals surface area contributed by atoms with E-state index in [4.69, 9.17) is 0 Å². The maximum absolute atomic E-state index is 12.4. The van der Waals surface area contributed by atoms with Crippen molar-refractivity contribution in [3.8, 4) is 11.1 Å². The molecule has 0 aliphatic carbocycles. The summed E-state index contributed by atoms with van der Waals surface area (Å²) < 4.78 is 0. The smallest absolute Gasteiger partial charge is 0.220 e. The summed E-state index contributed by atoms with van der Waals surface area (Å²) in [4.78, 5) is 12.4. The first-order chi connectivity index (χ1) is 13.3. The number of benzene rings is 3. The number of carbonyl (C=O) groups is 1. The van der Waals surface area contributed by atoms with Crippen LogP contribution >= 0.6 is 11.3 Å². The van der Waals surface area contributed by atoms with Gasteiger partial charge in [-0.05, 0) is 56.3 Å². The number of nitrogens with one attached hydrogen (secondary N) is 1. The molecule has 1 amide bonds. The number of aryl methyl sites for hydroxylation is 1. The lowest BCUT2D eigenvalue weighted by Gasteiger charge is -2.10. The first kappa shape index (κ1) is 17.5. The van der Waals surface area contributed by atoms with E-state index in [1.54, 1.807) is 11.3 Å². The zero-order valence-electron chi connectivity index (χ0n) is 15.0. The predicted octanol–water partition coefficient (Wildman–Crippen LogP) is 5.82. The van der Waals surface area contributed by atoms with Gasteiger partial charge in [0.2, 0.25) is 5.91 Å². The van der Waals surface area contributed by atoms with E-state index >= 15 is 0 Å². The van der Waals surface area contributed by atoms with Crippen molar-refractivity contribution in [3.05, 3.63) is 94.7 Å². The molecule has 0 saturated carbocycles. The molecule has 0 bridgehead atoms. The van der Waals surface area contributed by atoms with Crippen LogP contribution in [0.15, 0.2) is 83.6 Å². The van der Waals surface area contributed by atoms with E-state index in [0.29, 0.717) is 13.0 Å². The number of hydrogen-bond donors (Lipinski definition) is 1. The lowest BCUT2D eigenvalue weighted by molar-refractivity contribution is -0.121. The minimum Gasteiger partial charge on any atom is -0.352 e. The zero-order chi connectivity index (χ0) is 18.5. The van der Waals surface area contributed by atoms with Crippen molar-refractivity contribution in [2.24, 2.45) is 0 Å². The summed E-state index contributed by atoms with van der Waals surface area (Å²) in [7, 11) is 0. The van der Waals surface area contributed by atoms with Crippen molar-refractivity contribution in [1.29, 1.82) is 0 Å². The monoisotopic (exact) mass is 371 g/mol. The Morgan fingerprint density at radius 3 is 2.52 bits per heavy atom. The van der Waals surface area contributed by atoms with E-state index < -0.39 is 0 Å². The third-order valence-corrected chi connectivity index (χ3v) is 5.51. The summed E-state index contributed by atoms with van der Waals surface area (Å²) in [6, 6.07) is 25.0. The summed E-state index contributed by atoms with van der Waals surface area (Å²) in [6.45, 7) is 0.556. The molecule has 0 saturated heterocycles. The van der Waals surface area contributed by atoms with Gasteiger partial charge in [0.05, 0.1) is 0 Å². The third kappa shape index (κ3) is 4.09. The Balaban J connectivity index is 1.40. The first-order valence-electron chi connectivity index (χ1n) is 9.15. The molecule has 134 valence electrons. The van der Waals surface area contributed by atoms with Gasteiger partial charge in [0.1, 0.15) is 0 Å². The van der Waals surface area contributed by atoms with E-state index in [2.05, 4.69) is 64.6 Å². The minimum absolute atomic E-state index is 0.0862. The molecule has 1 N–H and O–H groups in total. The molecular weight excluding hydrogens is 350 g/mol. The van der Waals surface area contributed by atoms with Crippen LogP contribution in [-0.2, 0) is 17.8 Å². The number of carbonyl (C=O) groups excluding carboxylic acids is 1. The van der Waals surface area contributed by atoms with Gasteiger partial charge in [0.15, 0.2) is 0 Å². The van der Waals surface area contributed by atoms with E-state index in [0.717, 1.165) is 12.0 Å². The molecule has 0 spiro atoms. The van der Waals surface area contributed by atoms with Gasteiger partial charge in [-0.3, -0.25) is 4.79 Å². The van der Waals surface area contributed by atoms with E-state index in [1.807, 2.05) is 24.3 Å². The van der Waals surface area contributed by atoms with Crippen LogP contribution in [0.25, 0.3) is 21.9 Å². The molecular formula is C24H21NOS. The van der Waals surface area contributed by atoms with Gasteiger partial charge in [-0.15, -0.1) is 0 Å². The molecule has 3 aromatic carbocycles. The Labute approximate surface area is 163 Å². The Hall–Kier alpha value is -2.91. The van der Waals surface area contributed by atoms with Gasteiger partial charge in [-0.1, -0.05) is 66.7 Å². The van der Waals surface area contributed by atoms with Crippen molar-refractivity contribution in [3.63, 3.8) is 0 Å². The molecule has 3 heteroatoms. The van der Waals surface area contributed by atoms with E-state index in [-0.39, 0.29) is 5.91 Å². The second kappa shape index (κ2) is 8.19. The van der Waals surface area contributed by atoms with Gasteiger partial charge >= 0.3 is 0 Å². The van der Waals surface area contributed by atoms with Crippen LogP contribution in [0.5, 0.6) is 0 Å². The second-order valence-electron chi connectivity index (χ2n) is 6.58. The van der Waals surface area contributed by atoms with Crippen LogP contribution in [0.3, 0.4) is 0 Å². The highest BCUT2D eigenvalue weighted by Gasteiger charge is 2.08. The van der Waals surface area contributed by atoms with Crippen LogP contribution in [0.1, 0.15) is 17.5 Å². The molecule has 0 fully saturated rings. The number of amides is 1. The minimum atomic E-state index is 0.0862. The average molecular weight is 372 g/mol. The summed E-state index contributed by atoms with van der Waals surface area (Å²) in [5.41, 5.74) is 4.77. The Morgan fingerprint density at radius 1 is 0.852 bits per heavy atom. The lowest BCUT2D eigenvalue weighted by atomic mass is 10.0. The number of hydrogen-bond acceptors (Lipinski definition) is 2. The zero-order valence-corrected chi connectivity index (χ0v) is 15.8. The van der Waals surface area contributed by atoms with Crippen LogP contribution in [-0.4, -0.2) is 5.91 Å². The van der Waals surface area contributed by atoms with Gasteiger partial charge in [-0.25, -0.2) is 0 Å². The molecule has 0 atom stereocenters. The summed E-state index contributed by atoms with van der Waals surface area (Å²) in [6.07, 6.45) is 1.24. The fraction of sp³-hybridized carbons (Fsp3) is 0.125. The van der Waals surface area contributed by atoms with Crippen molar-refractivity contribution in [2.75, 3.05) is 0 Å². The standard InChI is InChI=1S/C24H21NOS/c26-24(13-12-19-9-5-8-18-6-1-3-10-22(18)19)25-16-20-7-2-4-11-23(20)21-14-15-27-17-21/h1-11,14-15,17H,12-13,16H2,(H,25,26). The SMILES string of the molecule is O=C(CCc1cccc2ccccc12)NCc1ccccc1-c1ccsc1. The average Bonchev–Trinajstić information content (AvgIpc) is 3.25. The van der Waals surface area contributed by atoms with Crippen LogP contribution in [0.4, 0.5) is 0 Å². The normalized spacial score (nSPS) is 10.8. The summed E-state index contributed by atoms with van der Waals surface area (Å²) in [5, 5.41) is 9.76. The predicted molar refractivity (Wildman–Crippen MR) is 114 cm³/mol. The van der Waals surface area contributed by atoms with Gasteiger partial charge in [-0.2, -0.15) is 11.3 Å². The Morgan fingerprint density at radius 2 is 1.63 bits per heavy atom. The lowest BCUT2D eigenvalue weighted by Crippen LogP contribution is -2.23. The van der Waals surface area contributed by atoms with Gasteiger partial charge < -0.3 is 5.32 Å². The first-order valence-corrected chi connectivity index (χ1v) is 10.1. The second-order valence-corrected chi connectivity index (χ2v) is 7.36. The molecule has 4 aromatic rings. The molecule has 1 aromatic heterocycles. The fourth-order valence-electron chi connectivity index (χ4n) is 3.41. The highest BCUT2D eigenvalue weighted by Crippen LogP contribution is 2.25. The van der Waals surface area contributed by atoms with E-state index in [1.165, 1.54) is 27.5 Å². The van der Waals surface area contributed by atoms with Crippen molar-refractivity contribution in [2.45, 2.75) is 19.4 Å². The molecule has 0 aliphatic rings. The van der Waals surface area contributed by atoms with Crippen molar-refractivity contribution in [1.82, 2.24) is 5.32 Å². The Kier molecular flexibility index (Phi) is 5.31. The maximum atomic E-state index is 12.4. The molecule has 2 nitrogen and oxygen atoms in total. The highest BCUT2D eigenvalue weighted by atomic mass is 32.1. The van der Waals surface area contributed by atoms with E-state index in [9.17, 15) is 4.79 Å². The largest absolute Gasteiger partial charge is 0.352 e. The van der Waals surface area contributed by atoms with Crippen LogP contribution in [0.2, 0.25) is 0 Å². The fourth-order valence-corrected chi connectivity index (χ4v) is 4.07. The van der Waals surface area contributed by atoms with Crippen molar-refractivity contribution >= 4 is 28.0 Å². The molecule has 0 radical (unpaired) electrons. The molecule has 0 aliphatic heterocycles. The van der Waals surface area contributed by atoms with Gasteiger partial charge in [0, 0.05) is 13.0 Å². The van der Waals surface area contributed by atoms with Crippen molar-refractivity contribution < 1.29 is 4.79 Å². The van der Waals surface area contributed by atoms with Crippen LogP contribution in [0, 0.1) is 0 Å². The topological polar surface area (TPSA) is 29.1 Å². The number of thiophene rings is 1. The summed E-state index contributed by atoms with van der Waals surface area (Å²) in [5.74, 6) is 0.0862. The maximum Gasteiger partial charge on any atom is 0.220 e. The Bertz CT molecular complexity index is 1050. The molecule has 0 unspecified atom stereocenters. The van der Waals surface area contributed by atoms with Crippen LogP contribution < -0.4 is 5.32 Å². The molecule has 27 heavy (non-hydrogen) atoms. The number of rotatable bonds is 6. The number of fused-ring (bicyclic) bond motifs is 1. The quantitative estimate of drug-likeness (QED) is 0.455. The highest BCUT2D eigenvalue weighted by molar-refractivity contribution is 7.08. The van der Waals surface area contributed by atoms with Gasteiger partial charge in [0.25, 0.3) is 0 Å². The molecule has 4 rings (SSSR count).